The summed E-state index contributed by atoms with van der Waals surface area (Å²) in [5.41, 5.74) is 22.7. The van der Waals surface area contributed by atoms with E-state index >= 15 is 0 Å². The summed E-state index contributed by atoms with van der Waals surface area (Å²) in [7, 11) is 0. The van der Waals surface area contributed by atoms with E-state index in [0.717, 1.165) is 11.4 Å². The van der Waals surface area contributed by atoms with Crippen LogP contribution in [0.3, 0.4) is 0 Å². The molecule has 38 heavy (non-hydrogen) atoms. The fourth-order valence-corrected chi connectivity index (χ4v) is 6.77. The SMILES string of the molecule is Cc1c(C)c(-n2nc(C)c3c(C)c(C)c(C)c(C)c32)c(C)c(-n2nc(C)c3c(C)c(C)c(C)c(C)c32)c1C. The van der Waals surface area contributed by atoms with E-state index in [4.69, 9.17) is 10.2 Å². The zero-order chi connectivity index (χ0) is 28.1. The Hall–Kier alpha value is -3.40. The molecule has 198 valence electrons. The van der Waals surface area contributed by atoms with Crippen molar-refractivity contribution in [1.82, 2.24) is 19.6 Å². The van der Waals surface area contributed by atoms with E-state index in [1.165, 1.54) is 99.9 Å². The van der Waals surface area contributed by atoms with Crippen LogP contribution in [0.15, 0.2) is 0 Å². The van der Waals surface area contributed by atoms with Crippen molar-refractivity contribution in [2.75, 3.05) is 0 Å². The lowest BCUT2D eigenvalue weighted by atomic mass is 9.92. The zero-order valence-electron chi connectivity index (χ0n) is 25.8. The number of nitrogens with zero attached hydrogens (tertiary/aromatic N) is 4. The highest BCUT2D eigenvalue weighted by atomic mass is 15.3. The van der Waals surface area contributed by atoms with E-state index in [1.54, 1.807) is 0 Å². The van der Waals surface area contributed by atoms with Crippen molar-refractivity contribution in [3.63, 3.8) is 0 Å². The molecule has 0 saturated carbocycles. The van der Waals surface area contributed by atoms with Gasteiger partial charge in [0.2, 0.25) is 0 Å². The van der Waals surface area contributed by atoms with Crippen LogP contribution in [-0.2, 0) is 0 Å². The van der Waals surface area contributed by atoms with Crippen molar-refractivity contribution in [3.8, 4) is 11.4 Å². The van der Waals surface area contributed by atoms with Gasteiger partial charge in [-0.1, -0.05) is 0 Å². The molecule has 0 aliphatic rings. The largest absolute Gasteiger partial charge is 0.232 e. The van der Waals surface area contributed by atoms with E-state index in [9.17, 15) is 0 Å². The van der Waals surface area contributed by atoms with Crippen LogP contribution in [0.5, 0.6) is 0 Å². The lowest BCUT2D eigenvalue weighted by molar-refractivity contribution is 0.836. The second kappa shape index (κ2) is 8.56. The van der Waals surface area contributed by atoms with Gasteiger partial charge in [0.1, 0.15) is 0 Å². The average Bonchev–Trinajstić information content (AvgIpc) is 3.39. The van der Waals surface area contributed by atoms with Gasteiger partial charge in [0.05, 0.1) is 33.8 Å². The van der Waals surface area contributed by atoms with Gasteiger partial charge in [0, 0.05) is 16.3 Å². The maximum absolute atomic E-state index is 5.20. The van der Waals surface area contributed by atoms with Gasteiger partial charge in [-0.25, -0.2) is 9.36 Å². The summed E-state index contributed by atoms with van der Waals surface area (Å²) in [4.78, 5) is 0. The number of hydrogen-bond acceptors (Lipinski definition) is 2. The van der Waals surface area contributed by atoms with Gasteiger partial charge in [-0.15, -0.1) is 0 Å². The Morgan fingerprint density at radius 2 is 0.605 bits per heavy atom. The molecule has 5 aromatic rings. The van der Waals surface area contributed by atoms with Crippen LogP contribution >= 0.6 is 0 Å². The van der Waals surface area contributed by atoms with Gasteiger partial charge in [0.15, 0.2) is 0 Å². The van der Waals surface area contributed by atoms with Crippen molar-refractivity contribution in [3.05, 3.63) is 78.1 Å². The van der Waals surface area contributed by atoms with Crippen LogP contribution in [0.4, 0.5) is 0 Å². The summed E-state index contributed by atoms with van der Waals surface area (Å²) >= 11 is 0. The van der Waals surface area contributed by atoms with Crippen LogP contribution in [-0.4, -0.2) is 19.6 Å². The van der Waals surface area contributed by atoms with E-state index < -0.39 is 0 Å². The number of benzene rings is 3. The Kier molecular flexibility index (Phi) is 5.90. The molecule has 0 unspecified atom stereocenters. The van der Waals surface area contributed by atoms with Crippen LogP contribution in [0.1, 0.15) is 78.1 Å². The minimum Gasteiger partial charge on any atom is -0.232 e. The zero-order valence-corrected chi connectivity index (χ0v) is 25.8. The summed E-state index contributed by atoms with van der Waals surface area (Å²) in [6, 6.07) is 0. The lowest BCUT2D eigenvalue weighted by Gasteiger charge is -2.23. The van der Waals surface area contributed by atoms with Gasteiger partial charge in [-0.2, -0.15) is 10.2 Å². The van der Waals surface area contributed by atoms with E-state index in [0.29, 0.717) is 0 Å². The second-order valence-electron chi connectivity index (χ2n) is 11.6. The molecule has 0 N–H and O–H groups in total. The molecule has 4 nitrogen and oxygen atoms in total. The van der Waals surface area contributed by atoms with Gasteiger partial charge in [0.25, 0.3) is 0 Å². The Balaban J connectivity index is 1.97. The molecule has 3 aromatic carbocycles. The van der Waals surface area contributed by atoms with Crippen LogP contribution in [0.2, 0.25) is 0 Å². The van der Waals surface area contributed by atoms with Crippen molar-refractivity contribution < 1.29 is 0 Å². The molecule has 0 radical (unpaired) electrons. The average molecular weight is 507 g/mol. The Bertz CT molecular complexity index is 1710. The van der Waals surface area contributed by atoms with Crippen LogP contribution < -0.4 is 0 Å². The third-order valence-corrected chi connectivity index (χ3v) is 9.93. The minimum atomic E-state index is 1.08. The van der Waals surface area contributed by atoms with Gasteiger partial charge < -0.3 is 0 Å². The number of rotatable bonds is 2. The van der Waals surface area contributed by atoms with E-state index in [1.807, 2.05) is 0 Å². The highest BCUT2D eigenvalue weighted by Crippen LogP contribution is 2.40. The summed E-state index contributed by atoms with van der Waals surface area (Å²) in [6.45, 7) is 31.2. The normalized spacial score (nSPS) is 11.9. The van der Waals surface area contributed by atoms with E-state index in [2.05, 4.69) is 106 Å². The van der Waals surface area contributed by atoms with E-state index in [-0.39, 0.29) is 0 Å². The molecule has 2 heterocycles. The fourth-order valence-electron chi connectivity index (χ4n) is 6.77. The number of aromatic nitrogens is 4. The molecule has 5 rings (SSSR count). The predicted molar refractivity (Wildman–Crippen MR) is 162 cm³/mol. The highest BCUT2D eigenvalue weighted by Gasteiger charge is 2.26. The standard InChI is InChI=1S/C34H42N4/c1-15-17(3)24(10)33-29(20(15)6)27(13)35-37(33)31-22(8)19(5)23(9)32(26(31)12)38-34-25(11)18(4)16(2)21(7)30(34)28(14)36-38/h1-14H3. The number of hydrogen-bond donors (Lipinski definition) is 0. The van der Waals surface area contributed by atoms with Crippen molar-refractivity contribution >= 4 is 21.8 Å². The molecule has 0 bridgehead atoms. The summed E-state index contributed by atoms with van der Waals surface area (Å²) in [5, 5.41) is 13.0. The molecule has 0 saturated heterocycles. The molecule has 2 aromatic heterocycles. The molecule has 0 aliphatic carbocycles. The molecular formula is C34H42N4. The first kappa shape index (κ1) is 26.2. The molecule has 0 fully saturated rings. The maximum atomic E-state index is 5.20. The third-order valence-electron chi connectivity index (χ3n) is 9.93. The fraction of sp³-hybridized carbons (Fsp3) is 0.412. The van der Waals surface area contributed by atoms with Crippen molar-refractivity contribution in [1.29, 1.82) is 0 Å². The van der Waals surface area contributed by atoms with Gasteiger partial charge in [-0.3, -0.25) is 0 Å². The highest BCUT2D eigenvalue weighted by molar-refractivity contribution is 5.93. The first-order chi connectivity index (χ1) is 17.7. The first-order valence-electron chi connectivity index (χ1n) is 13.7. The minimum absolute atomic E-state index is 1.08. The molecule has 4 heteroatoms. The number of fused-ring (bicyclic) bond motifs is 2. The van der Waals surface area contributed by atoms with Gasteiger partial charge >= 0.3 is 0 Å². The van der Waals surface area contributed by atoms with Crippen LogP contribution in [0.25, 0.3) is 33.2 Å². The smallest absolute Gasteiger partial charge is 0.0778 e. The molecule has 0 spiro atoms. The quantitative estimate of drug-likeness (QED) is 0.240. The topological polar surface area (TPSA) is 35.6 Å². The Morgan fingerprint density at radius 1 is 0.316 bits per heavy atom. The monoisotopic (exact) mass is 506 g/mol. The molecule has 0 aliphatic heterocycles. The number of aryl methyl sites for hydroxylation is 6. The molecular weight excluding hydrogens is 464 g/mol. The summed E-state index contributed by atoms with van der Waals surface area (Å²) in [6.07, 6.45) is 0. The lowest BCUT2D eigenvalue weighted by Crippen LogP contribution is -2.13. The summed E-state index contributed by atoms with van der Waals surface area (Å²) in [5.74, 6) is 0. The first-order valence-corrected chi connectivity index (χ1v) is 13.7. The Labute approximate surface area is 227 Å². The summed E-state index contributed by atoms with van der Waals surface area (Å²) < 4.78 is 4.46. The second-order valence-corrected chi connectivity index (χ2v) is 11.6. The molecule has 0 amide bonds. The van der Waals surface area contributed by atoms with Crippen molar-refractivity contribution in [2.24, 2.45) is 0 Å². The Morgan fingerprint density at radius 3 is 0.947 bits per heavy atom. The van der Waals surface area contributed by atoms with Crippen LogP contribution in [0, 0.1) is 96.9 Å². The van der Waals surface area contributed by atoms with Gasteiger partial charge in [-0.05, 0) is 158 Å². The maximum Gasteiger partial charge on any atom is 0.0778 e. The molecule has 0 atom stereocenters. The predicted octanol–water partition coefficient (Wildman–Crippen LogP) is 8.68. The third kappa shape index (κ3) is 3.22. The van der Waals surface area contributed by atoms with Crippen molar-refractivity contribution in [2.45, 2.75) is 96.9 Å².